The van der Waals surface area contributed by atoms with Crippen LogP contribution in [0.25, 0.3) is 10.8 Å². The van der Waals surface area contributed by atoms with Crippen LogP contribution < -0.4 is 4.74 Å². The molecule has 2 atom stereocenters. The van der Waals surface area contributed by atoms with E-state index in [0.29, 0.717) is 12.0 Å². The molecule has 0 saturated carbocycles. The minimum absolute atomic E-state index is 0.0568. The van der Waals surface area contributed by atoms with E-state index < -0.39 is 6.23 Å². The fourth-order valence-electron chi connectivity index (χ4n) is 4.54. The number of benzene rings is 4. The Balaban J connectivity index is 1.49. The second-order valence-electron chi connectivity index (χ2n) is 8.01. The molecule has 2 aliphatic rings. The molecule has 32 heavy (non-hydrogen) atoms. The molecule has 0 aliphatic carbocycles. The highest BCUT2D eigenvalue weighted by Crippen LogP contribution is 2.51. The zero-order chi connectivity index (χ0) is 21.8. The summed E-state index contributed by atoms with van der Waals surface area (Å²) in [6, 6.07) is 25.4. The molecule has 0 spiro atoms. The monoisotopic (exact) mass is 550 g/mol. The highest BCUT2D eigenvalue weighted by Gasteiger charge is 2.42. The number of nitrogens with zero attached hydrogens (tertiary/aromatic N) is 2. The van der Waals surface area contributed by atoms with Crippen molar-refractivity contribution in [3.8, 4) is 5.75 Å². The van der Waals surface area contributed by atoms with Gasteiger partial charge >= 0.3 is 0 Å². The molecule has 0 bridgehead atoms. The van der Waals surface area contributed by atoms with Gasteiger partial charge in [-0.1, -0.05) is 70.5 Å². The predicted molar refractivity (Wildman–Crippen MR) is 131 cm³/mol. The Labute approximate surface area is 201 Å². The highest BCUT2D eigenvalue weighted by molar-refractivity contribution is 9.11. The van der Waals surface area contributed by atoms with Crippen LogP contribution in [0.3, 0.4) is 0 Å². The number of halogens is 3. The van der Waals surface area contributed by atoms with E-state index in [9.17, 15) is 4.39 Å². The third-order valence-corrected chi connectivity index (χ3v) is 7.11. The van der Waals surface area contributed by atoms with E-state index >= 15 is 0 Å². The molecule has 2 aliphatic heterocycles. The van der Waals surface area contributed by atoms with Crippen LogP contribution in [0, 0.1) is 5.82 Å². The Morgan fingerprint density at radius 2 is 1.66 bits per heavy atom. The average Bonchev–Trinajstić information content (AvgIpc) is 3.25. The van der Waals surface area contributed by atoms with E-state index in [0.717, 1.165) is 31.5 Å². The van der Waals surface area contributed by atoms with Gasteiger partial charge in [0.15, 0.2) is 0 Å². The molecule has 2 heterocycles. The normalized spacial score (nSPS) is 19.3. The number of fused-ring (bicyclic) bond motifs is 4. The predicted octanol–water partition coefficient (Wildman–Crippen LogP) is 7.75. The first-order valence-electron chi connectivity index (χ1n) is 10.3. The second kappa shape index (κ2) is 7.71. The minimum Gasteiger partial charge on any atom is -0.463 e. The van der Waals surface area contributed by atoms with Gasteiger partial charge in [-0.2, -0.15) is 5.10 Å². The first kappa shape index (κ1) is 19.9. The lowest BCUT2D eigenvalue weighted by atomic mass is 9.95. The van der Waals surface area contributed by atoms with Crippen LogP contribution in [0.5, 0.6) is 5.75 Å². The number of hydrogen-bond acceptors (Lipinski definition) is 3. The lowest BCUT2D eigenvalue weighted by molar-refractivity contribution is -0.0218. The van der Waals surface area contributed by atoms with Gasteiger partial charge in [0.1, 0.15) is 11.6 Å². The summed E-state index contributed by atoms with van der Waals surface area (Å²) in [5.41, 5.74) is 3.54. The highest BCUT2D eigenvalue weighted by atomic mass is 79.9. The van der Waals surface area contributed by atoms with Gasteiger partial charge in [0.25, 0.3) is 0 Å². The van der Waals surface area contributed by atoms with E-state index in [-0.39, 0.29) is 11.9 Å². The van der Waals surface area contributed by atoms with Gasteiger partial charge in [-0.3, -0.25) is 0 Å². The lowest BCUT2D eigenvalue weighted by Crippen LogP contribution is -2.34. The van der Waals surface area contributed by atoms with Gasteiger partial charge in [-0.05, 0) is 56.5 Å². The molecule has 4 aromatic rings. The molecule has 0 N–H and O–H groups in total. The zero-order valence-corrected chi connectivity index (χ0v) is 20.0. The third kappa shape index (κ3) is 3.24. The van der Waals surface area contributed by atoms with Crippen molar-refractivity contribution in [1.29, 1.82) is 0 Å². The Morgan fingerprint density at radius 1 is 0.875 bits per heavy atom. The van der Waals surface area contributed by atoms with Gasteiger partial charge in [0.2, 0.25) is 6.23 Å². The van der Waals surface area contributed by atoms with E-state index in [1.807, 2.05) is 29.3 Å². The lowest BCUT2D eigenvalue weighted by Gasteiger charge is -2.38. The summed E-state index contributed by atoms with van der Waals surface area (Å²) in [4.78, 5) is 0. The molecular formula is C26H17Br2FN2O. The Hall–Kier alpha value is -2.70. The van der Waals surface area contributed by atoms with Crippen LogP contribution in [-0.4, -0.2) is 10.7 Å². The van der Waals surface area contributed by atoms with Gasteiger partial charge in [0.05, 0.1) is 21.8 Å². The summed E-state index contributed by atoms with van der Waals surface area (Å²) in [5.74, 6) is 0.431. The summed E-state index contributed by atoms with van der Waals surface area (Å²) in [6.45, 7) is 0. The van der Waals surface area contributed by atoms with Crippen molar-refractivity contribution >= 4 is 48.3 Å². The van der Waals surface area contributed by atoms with Crippen LogP contribution in [0.1, 0.15) is 35.4 Å². The number of ether oxygens (including phenoxy) is 1. The maximum atomic E-state index is 14.8. The van der Waals surface area contributed by atoms with Gasteiger partial charge in [-0.15, -0.1) is 0 Å². The van der Waals surface area contributed by atoms with Crippen molar-refractivity contribution in [2.75, 3.05) is 0 Å². The first-order chi connectivity index (χ1) is 15.6. The Morgan fingerprint density at radius 3 is 2.50 bits per heavy atom. The summed E-state index contributed by atoms with van der Waals surface area (Å²) in [6.07, 6.45) is 0.0619. The summed E-state index contributed by atoms with van der Waals surface area (Å²) >= 11 is 7.23. The molecule has 6 heteroatoms. The molecule has 0 aromatic heterocycles. The second-order valence-corrected chi connectivity index (χ2v) is 9.78. The topological polar surface area (TPSA) is 24.8 Å². The van der Waals surface area contributed by atoms with Crippen LogP contribution in [-0.2, 0) is 0 Å². The van der Waals surface area contributed by atoms with Gasteiger partial charge < -0.3 is 4.74 Å². The molecule has 0 saturated heterocycles. The van der Waals surface area contributed by atoms with Crippen molar-refractivity contribution in [2.24, 2.45) is 5.10 Å². The maximum Gasteiger partial charge on any atom is 0.216 e. The van der Waals surface area contributed by atoms with E-state index in [4.69, 9.17) is 9.84 Å². The Kier molecular flexibility index (Phi) is 4.81. The molecule has 0 amide bonds. The first-order valence-corrected chi connectivity index (χ1v) is 11.9. The fraction of sp³-hybridized carbons (Fsp3) is 0.115. The standard InChI is InChI=1S/C26H17Br2FN2O/c27-18-12-20-24-14-23(17-10-9-15-5-1-2-6-16(15)11-17)30-31(24)26(32-25(20)21(28)13-18)19-7-3-4-8-22(19)29/h1-13,24,26H,14H2/t24-,26-/m1/s1. The van der Waals surface area contributed by atoms with Gasteiger partial charge in [-0.25, -0.2) is 9.40 Å². The number of hydrazone groups is 1. The molecule has 6 rings (SSSR count). The maximum absolute atomic E-state index is 14.8. The van der Waals surface area contributed by atoms with Crippen molar-refractivity contribution in [3.05, 3.63) is 110 Å². The van der Waals surface area contributed by atoms with E-state index in [1.165, 1.54) is 16.8 Å². The summed E-state index contributed by atoms with van der Waals surface area (Å²) in [5, 5.41) is 9.24. The van der Waals surface area contributed by atoms with E-state index in [1.54, 1.807) is 12.1 Å². The fourth-order valence-corrected chi connectivity index (χ4v) is 5.89. The van der Waals surface area contributed by atoms with Crippen LogP contribution in [0.2, 0.25) is 0 Å². The van der Waals surface area contributed by atoms with E-state index in [2.05, 4.69) is 68.3 Å². The van der Waals surface area contributed by atoms with Crippen LogP contribution in [0.4, 0.5) is 4.39 Å². The largest absolute Gasteiger partial charge is 0.463 e. The molecule has 0 radical (unpaired) electrons. The van der Waals surface area contributed by atoms with Crippen molar-refractivity contribution < 1.29 is 9.13 Å². The minimum atomic E-state index is -0.649. The number of hydrogen-bond donors (Lipinski definition) is 0. The SMILES string of the molecule is Fc1ccccc1[C@H]1Oc2c(Br)cc(Br)cc2[C@H]2CC(c3ccc4ccccc4c3)=NN21. The number of rotatable bonds is 2. The quantitative estimate of drug-likeness (QED) is 0.254. The smallest absolute Gasteiger partial charge is 0.216 e. The van der Waals surface area contributed by atoms with Crippen molar-refractivity contribution in [1.82, 2.24) is 5.01 Å². The zero-order valence-electron chi connectivity index (χ0n) is 16.8. The molecule has 3 nitrogen and oxygen atoms in total. The molecule has 158 valence electrons. The van der Waals surface area contributed by atoms with Crippen molar-refractivity contribution in [2.45, 2.75) is 18.7 Å². The molecule has 0 fully saturated rings. The average molecular weight is 552 g/mol. The Bertz CT molecular complexity index is 1400. The van der Waals surface area contributed by atoms with Crippen molar-refractivity contribution in [3.63, 3.8) is 0 Å². The van der Waals surface area contributed by atoms with Crippen LogP contribution >= 0.6 is 31.9 Å². The van der Waals surface area contributed by atoms with Crippen LogP contribution in [0.15, 0.2) is 92.9 Å². The summed E-state index contributed by atoms with van der Waals surface area (Å²) < 4.78 is 22.9. The van der Waals surface area contributed by atoms with Gasteiger partial charge in [0, 0.05) is 16.5 Å². The summed E-state index contributed by atoms with van der Waals surface area (Å²) in [7, 11) is 0. The molecular weight excluding hydrogens is 535 g/mol. The molecule has 0 unspecified atom stereocenters. The third-order valence-electron chi connectivity index (χ3n) is 6.06. The molecule has 4 aromatic carbocycles.